The number of carbonyl (C=O) groups excluding carboxylic acids is 1. The molecule has 0 bridgehead atoms. The van der Waals surface area contributed by atoms with Crippen molar-refractivity contribution in [3.63, 3.8) is 0 Å². The number of carbonyl (C=O) groups is 1. The van der Waals surface area contributed by atoms with E-state index in [0.717, 1.165) is 11.1 Å². The molecule has 0 aliphatic rings. The Labute approximate surface area is 144 Å². The summed E-state index contributed by atoms with van der Waals surface area (Å²) in [6.45, 7) is 0. The van der Waals surface area contributed by atoms with Gasteiger partial charge in [0, 0.05) is 10.6 Å². The summed E-state index contributed by atoms with van der Waals surface area (Å²) >= 11 is 5.95. The molecule has 4 N–H and O–H groups in total. The fourth-order valence-electron chi connectivity index (χ4n) is 1.91. The molecule has 0 amide bonds. The number of rotatable bonds is 6. The number of halogens is 1. The number of guanidine groups is 1. The standard InChI is InChI=1S/C15H14ClN3O4S/c16-13-6-2-4-11(8-13)10-3-1-5-12(7-10)14(20)9-24(21,22)23-19-15(17)18/h1-8H,9H2,(H4,17,18,19). The third-order valence-electron chi connectivity index (χ3n) is 2.91. The molecule has 0 fully saturated rings. The predicted octanol–water partition coefficient (Wildman–Crippen LogP) is 1.72. The molecule has 0 spiro atoms. The molecule has 0 saturated heterocycles. The van der Waals surface area contributed by atoms with Crippen molar-refractivity contribution in [1.29, 1.82) is 0 Å². The SMILES string of the molecule is NC(N)=NOS(=O)(=O)CC(=O)c1cccc(-c2cccc(Cl)c2)c1. The van der Waals surface area contributed by atoms with Gasteiger partial charge in [-0.1, -0.05) is 41.9 Å². The average molecular weight is 368 g/mol. The first-order valence-electron chi connectivity index (χ1n) is 6.66. The zero-order valence-corrected chi connectivity index (χ0v) is 13.9. The van der Waals surface area contributed by atoms with Crippen molar-refractivity contribution >= 4 is 33.5 Å². The van der Waals surface area contributed by atoms with Crippen LogP contribution in [0.1, 0.15) is 10.4 Å². The maximum Gasteiger partial charge on any atom is 0.336 e. The van der Waals surface area contributed by atoms with Crippen LogP contribution in [-0.2, 0) is 14.4 Å². The lowest BCUT2D eigenvalue weighted by atomic mass is 10.0. The molecule has 9 heteroatoms. The van der Waals surface area contributed by atoms with Gasteiger partial charge in [-0.25, -0.2) is 0 Å². The molecular weight excluding hydrogens is 354 g/mol. The molecule has 0 aliphatic carbocycles. The fraction of sp³-hybridized carbons (Fsp3) is 0.0667. The number of ketones is 1. The summed E-state index contributed by atoms with van der Waals surface area (Å²) < 4.78 is 27.5. The average Bonchev–Trinajstić information content (AvgIpc) is 2.53. The Morgan fingerprint density at radius 3 is 2.33 bits per heavy atom. The van der Waals surface area contributed by atoms with E-state index in [2.05, 4.69) is 9.44 Å². The molecule has 24 heavy (non-hydrogen) atoms. The Balaban J connectivity index is 2.22. The maximum atomic E-state index is 12.2. The van der Waals surface area contributed by atoms with Gasteiger partial charge in [0.1, 0.15) is 0 Å². The van der Waals surface area contributed by atoms with Crippen LogP contribution in [0.15, 0.2) is 53.7 Å². The minimum atomic E-state index is -4.23. The third kappa shape index (κ3) is 4.97. The molecule has 0 unspecified atom stereocenters. The third-order valence-corrected chi connectivity index (χ3v) is 4.06. The number of hydrogen-bond acceptors (Lipinski definition) is 5. The first kappa shape index (κ1) is 17.8. The second-order valence-corrected chi connectivity index (χ2v) is 6.80. The highest BCUT2D eigenvalue weighted by atomic mass is 35.5. The molecule has 126 valence electrons. The lowest BCUT2D eigenvalue weighted by Gasteiger charge is -2.06. The number of nitrogens with zero attached hydrogens (tertiary/aromatic N) is 1. The Bertz CT molecular complexity index is 893. The van der Waals surface area contributed by atoms with Gasteiger partial charge in [0.15, 0.2) is 11.5 Å². The van der Waals surface area contributed by atoms with Gasteiger partial charge in [0.05, 0.1) is 0 Å². The van der Waals surface area contributed by atoms with Crippen molar-refractivity contribution in [2.24, 2.45) is 16.6 Å². The largest absolute Gasteiger partial charge is 0.367 e. The summed E-state index contributed by atoms with van der Waals surface area (Å²) in [5.41, 5.74) is 11.7. The number of nitrogens with two attached hydrogens (primary N) is 2. The Morgan fingerprint density at radius 1 is 1.08 bits per heavy atom. The quantitative estimate of drug-likeness (QED) is 0.346. The monoisotopic (exact) mass is 367 g/mol. The van der Waals surface area contributed by atoms with Crippen LogP contribution < -0.4 is 11.5 Å². The van der Waals surface area contributed by atoms with Crippen LogP contribution in [0.4, 0.5) is 0 Å². The molecule has 0 aromatic heterocycles. The van der Waals surface area contributed by atoms with Crippen molar-refractivity contribution in [1.82, 2.24) is 0 Å². The fourth-order valence-corrected chi connectivity index (χ4v) is 2.84. The second-order valence-electron chi connectivity index (χ2n) is 4.81. The Kier molecular flexibility index (Phi) is 5.42. The zero-order chi connectivity index (χ0) is 17.7. The predicted molar refractivity (Wildman–Crippen MR) is 91.9 cm³/mol. The van der Waals surface area contributed by atoms with Gasteiger partial charge >= 0.3 is 10.1 Å². The normalized spacial score (nSPS) is 10.9. The van der Waals surface area contributed by atoms with Crippen molar-refractivity contribution in [3.05, 3.63) is 59.1 Å². The van der Waals surface area contributed by atoms with Gasteiger partial charge in [-0.15, -0.1) is 0 Å². The number of hydrogen-bond donors (Lipinski definition) is 2. The Hall–Kier alpha value is -2.58. The van der Waals surface area contributed by atoms with E-state index in [1.165, 1.54) is 6.07 Å². The smallest absolute Gasteiger partial charge is 0.336 e. The highest BCUT2D eigenvalue weighted by Crippen LogP contribution is 2.23. The van der Waals surface area contributed by atoms with Crippen LogP contribution in [-0.4, -0.2) is 25.9 Å². The van der Waals surface area contributed by atoms with E-state index in [4.69, 9.17) is 23.1 Å². The molecule has 7 nitrogen and oxygen atoms in total. The molecule has 0 aliphatic heterocycles. The van der Waals surface area contributed by atoms with E-state index >= 15 is 0 Å². The summed E-state index contributed by atoms with van der Waals surface area (Å²) in [6.07, 6.45) is 0. The molecule has 0 atom stereocenters. The lowest BCUT2D eigenvalue weighted by molar-refractivity contribution is 0.101. The molecule has 0 radical (unpaired) electrons. The van der Waals surface area contributed by atoms with Crippen LogP contribution in [0.5, 0.6) is 0 Å². The molecular formula is C15H14ClN3O4S. The maximum absolute atomic E-state index is 12.2. The molecule has 2 rings (SSSR count). The van der Waals surface area contributed by atoms with Crippen LogP contribution in [0, 0.1) is 0 Å². The van der Waals surface area contributed by atoms with E-state index in [-0.39, 0.29) is 5.56 Å². The van der Waals surface area contributed by atoms with Gasteiger partial charge in [0.25, 0.3) is 0 Å². The van der Waals surface area contributed by atoms with Crippen LogP contribution >= 0.6 is 11.6 Å². The number of Topliss-reactive ketones (excluding diaryl/α,β-unsaturated/α-hetero) is 1. The van der Waals surface area contributed by atoms with Crippen LogP contribution in [0.3, 0.4) is 0 Å². The summed E-state index contributed by atoms with van der Waals surface area (Å²) in [6, 6.07) is 13.6. The molecule has 0 heterocycles. The van der Waals surface area contributed by atoms with E-state index in [0.29, 0.717) is 5.02 Å². The zero-order valence-electron chi connectivity index (χ0n) is 12.3. The van der Waals surface area contributed by atoms with Gasteiger partial charge < -0.3 is 11.5 Å². The topological polar surface area (TPSA) is 125 Å². The lowest BCUT2D eigenvalue weighted by Crippen LogP contribution is -2.25. The van der Waals surface area contributed by atoms with Crippen LogP contribution in [0.25, 0.3) is 11.1 Å². The van der Waals surface area contributed by atoms with Gasteiger partial charge in [-0.3, -0.25) is 9.08 Å². The molecule has 2 aromatic rings. The highest BCUT2D eigenvalue weighted by molar-refractivity contribution is 7.87. The minimum absolute atomic E-state index is 0.212. The van der Waals surface area contributed by atoms with E-state index < -0.39 is 27.6 Å². The molecule has 2 aromatic carbocycles. The first-order valence-corrected chi connectivity index (χ1v) is 8.62. The van der Waals surface area contributed by atoms with Crippen molar-refractivity contribution in [3.8, 4) is 11.1 Å². The van der Waals surface area contributed by atoms with E-state index in [1.54, 1.807) is 36.4 Å². The highest BCUT2D eigenvalue weighted by Gasteiger charge is 2.20. The molecule has 0 saturated carbocycles. The number of oxime groups is 1. The summed E-state index contributed by atoms with van der Waals surface area (Å²) in [4.78, 5) is 12.2. The first-order chi connectivity index (χ1) is 11.3. The van der Waals surface area contributed by atoms with Crippen molar-refractivity contribution < 1.29 is 17.5 Å². The van der Waals surface area contributed by atoms with Gasteiger partial charge in [-0.05, 0) is 34.5 Å². The minimum Gasteiger partial charge on any atom is -0.367 e. The van der Waals surface area contributed by atoms with Gasteiger partial charge in [-0.2, -0.15) is 8.42 Å². The van der Waals surface area contributed by atoms with Crippen LogP contribution in [0.2, 0.25) is 5.02 Å². The number of benzene rings is 2. The van der Waals surface area contributed by atoms with Gasteiger partial charge in [0.2, 0.25) is 5.96 Å². The summed E-state index contributed by atoms with van der Waals surface area (Å²) in [5, 5.41) is 3.49. The summed E-state index contributed by atoms with van der Waals surface area (Å²) in [7, 11) is -4.23. The summed E-state index contributed by atoms with van der Waals surface area (Å²) in [5.74, 6) is -2.10. The second kappa shape index (κ2) is 7.33. The van der Waals surface area contributed by atoms with Crippen molar-refractivity contribution in [2.75, 3.05) is 5.75 Å². The Morgan fingerprint density at radius 2 is 1.71 bits per heavy atom. The van der Waals surface area contributed by atoms with E-state index in [1.807, 2.05) is 6.07 Å². The van der Waals surface area contributed by atoms with Crippen molar-refractivity contribution in [2.45, 2.75) is 0 Å². The van der Waals surface area contributed by atoms with E-state index in [9.17, 15) is 13.2 Å².